The van der Waals surface area contributed by atoms with Gasteiger partial charge in [-0.05, 0) is 70.2 Å². The first kappa shape index (κ1) is 24.3. The normalized spacial score (nSPS) is 22.7. The number of hydrogen-bond donors (Lipinski definition) is 2. The number of likely N-dealkylation sites (tertiary alicyclic amines) is 1. The highest BCUT2D eigenvalue weighted by atomic mass is 16.6. The molecule has 0 radical (unpaired) electrons. The summed E-state index contributed by atoms with van der Waals surface area (Å²) in [4.78, 5) is 27.3. The van der Waals surface area contributed by atoms with Crippen LogP contribution in [-0.4, -0.2) is 56.1 Å². The first-order valence-corrected chi connectivity index (χ1v) is 12.3. The fourth-order valence-electron chi connectivity index (χ4n) is 4.97. The second-order valence-corrected chi connectivity index (χ2v) is 10.3. The van der Waals surface area contributed by atoms with Crippen LogP contribution in [0.25, 0.3) is 11.3 Å². The third kappa shape index (κ3) is 5.27. The monoisotopic (exact) mass is 468 g/mol. The highest BCUT2D eigenvalue weighted by Crippen LogP contribution is 2.33. The Morgan fingerprint density at radius 3 is 2.76 bits per heavy atom. The quantitative estimate of drug-likeness (QED) is 0.665. The van der Waals surface area contributed by atoms with E-state index >= 15 is 0 Å². The summed E-state index contributed by atoms with van der Waals surface area (Å²) < 4.78 is 7.45. The molecule has 1 saturated heterocycles. The van der Waals surface area contributed by atoms with Crippen LogP contribution in [0.5, 0.6) is 0 Å². The van der Waals surface area contributed by atoms with Crippen molar-refractivity contribution in [2.75, 3.05) is 6.54 Å². The minimum atomic E-state index is -0.741. The predicted octanol–water partition coefficient (Wildman–Crippen LogP) is 3.82. The molecule has 8 nitrogen and oxygen atoms in total. The Labute approximate surface area is 201 Å². The zero-order valence-electron chi connectivity index (χ0n) is 20.6. The molecule has 4 rings (SSSR count). The van der Waals surface area contributed by atoms with Crippen LogP contribution in [0.1, 0.15) is 70.5 Å². The van der Waals surface area contributed by atoms with Crippen molar-refractivity contribution >= 4 is 12.0 Å². The molecule has 8 heteroatoms. The van der Waals surface area contributed by atoms with E-state index in [0.29, 0.717) is 0 Å². The largest absolute Gasteiger partial charge is 0.444 e. The third-order valence-electron chi connectivity index (χ3n) is 6.55. The number of aryl methyl sites for hydroxylation is 2. The van der Waals surface area contributed by atoms with Crippen molar-refractivity contribution in [1.29, 1.82) is 0 Å². The van der Waals surface area contributed by atoms with E-state index in [0.717, 1.165) is 49.0 Å². The van der Waals surface area contributed by atoms with Gasteiger partial charge in [-0.25, -0.2) is 4.79 Å². The van der Waals surface area contributed by atoms with Gasteiger partial charge in [-0.2, -0.15) is 5.10 Å². The van der Waals surface area contributed by atoms with Crippen LogP contribution >= 0.6 is 0 Å². The van der Waals surface area contributed by atoms with Gasteiger partial charge in [0.1, 0.15) is 11.6 Å². The Hall–Kier alpha value is -2.87. The van der Waals surface area contributed by atoms with Crippen molar-refractivity contribution in [3.05, 3.63) is 41.6 Å². The van der Waals surface area contributed by atoms with Crippen LogP contribution in [0.3, 0.4) is 0 Å². The van der Waals surface area contributed by atoms with Gasteiger partial charge in [-0.15, -0.1) is 0 Å². The van der Waals surface area contributed by atoms with E-state index in [1.165, 1.54) is 10.5 Å². The van der Waals surface area contributed by atoms with E-state index in [2.05, 4.69) is 35.5 Å². The topological polar surface area (TPSA) is 96.7 Å². The van der Waals surface area contributed by atoms with Gasteiger partial charge < -0.3 is 15.2 Å². The fraction of sp³-hybridized carbons (Fsp3) is 0.577. The van der Waals surface area contributed by atoms with Gasteiger partial charge in [0, 0.05) is 24.7 Å². The Bertz CT molecular complexity index is 1040. The van der Waals surface area contributed by atoms with Gasteiger partial charge in [0.25, 0.3) is 0 Å². The van der Waals surface area contributed by atoms with Gasteiger partial charge in [-0.3, -0.25) is 14.4 Å². The van der Waals surface area contributed by atoms with Crippen LogP contribution in [-0.2, 0) is 22.5 Å². The average molecular weight is 469 g/mol. The molecule has 2 heterocycles. The summed E-state index contributed by atoms with van der Waals surface area (Å²) >= 11 is 0. The molecule has 1 aliphatic carbocycles. The number of ether oxygens (including phenoxy) is 1. The van der Waals surface area contributed by atoms with Crippen LogP contribution < -0.4 is 5.32 Å². The van der Waals surface area contributed by atoms with Gasteiger partial charge in [0.05, 0.1) is 24.4 Å². The van der Waals surface area contributed by atoms with Crippen molar-refractivity contribution in [2.24, 2.45) is 0 Å². The van der Waals surface area contributed by atoms with Crippen LogP contribution in [0.4, 0.5) is 4.79 Å². The number of β-amino-alcohol motifs (C(OH)–C–C–N with tert-alkyl or cyclic N) is 1. The van der Waals surface area contributed by atoms with Gasteiger partial charge >= 0.3 is 6.09 Å². The van der Waals surface area contributed by atoms with E-state index in [4.69, 9.17) is 4.74 Å². The van der Waals surface area contributed by atoms with Crippen molar-refractivity contribution in [3.63, 3.8) is 0 Å². The number of nitrogens with one attached hydrogen (secondary N) is 1. The minimum Gasteiger partial charge on any atom is -0.444 e. The first-order chi connectivity index (χ1) is 16.2. The third-order valence-corrected chi connectivity index (χ3v) is 6.55. The Morgan fingerprint density at radius 1 is 1.24 bits per heavy atom. The molecule has 1 unspecified atom stereocenters. The molecule has 0 spiro atoms. The molecule has 34 heavy (non-hydrogen) atoms. The van der Waals surface area contributed by atoms with Crippen LogP contribution in [0.2, 0.25) is 0 Å². The standard InChI is InChI=1S/C26H36N4O4/c1-5-30-22(12-13-27-30)18-10-11-20-17(14-18)8-6-7-9-21(20)28-24(32)23-15-19(31)16-29(23)25(33)34-26(2,3)4/h10-14,19,21,23,31H,5-9,15-16H2,1-4H3,(H,28,32)/t19-,21?,23+/m1/s1. The first-order valence-electron chi connectivity index (χ1n) is 12.3. The number of carbonyl (C=O) groups is 2. The average Bonchev–Trinajstić information content (AvgIpc) is 3.36. The molecule has 1 aromatic carbocycles. The number of nitrogens with zero attached hydrogens (tertiary/aromatic N) is 3. The van der Waals surface area contributed by atoms with E-state index in [9.17, 15) is 14.7 Å². The van der Waals surface area contributed by atoms with Gasteiger partial charge in [-0.1, -0.05) is 18.6 Å². The van der Waals surface area contributed by atoms with E-state index in [1.54, 1.807) is 20.8 Å². The predicted molar refractivity (Wildman–Crippen MR) is 129 cm³/mol. The zero-order chi connectivity index (χ0) is 24.5. The number of aromatic nitrogens is 2. The summed E-state index contributed by atoms with van der Waals surface area (Å²) in [5.74, 6) is -0.242. The molecule has 1 fully saturated rings. The van der Waals surface area contributed by atoms with E-state index in [1.807, 2.05) is 16.9 Å². The number of fused-ring (bicyclic) bond motifs is 1. The highest BCUT2D eigenvalue weighted by Gasteiger charge is 2.41. The van der Waals surface area contributed by atoms with Gasteiger partial charge in [0.15, 0.2) is 0 Å². The summed E-state index contributed by atoms with van der Waals surface area (Å²) in [6.45, 7) is 8.35. The van der Waals surface area contributed by atoms with Crippen molar-refractivity contribution in [2.45, 2.75) is 90.1 Å². The lowest BCUT2D eigenvalue weighted by atomic mass is 9.95. The highest BCUT2D eigenvalue weighted by molar-refractivity contribution is 5.87. The van der Waals surface area contributed by atoms with Crippen LogP contribution in [0, 0.1) is 0 Å². The lowest BCUT2D eigenvalue weighted by Gasteiger charge is -2.29. The zero-order valence-corrected chi connectivity index (χ0v) is 20.6. The van der Waals surface area contributed by atoms with E-state index in [-0.39, 0.29) is 24.9 Å². The summed E-state index contributed by atoms with van der Waals surface area (Å²) in [6.07, 6.45) is 4.59. The number of aliphatic hydroxyl groups is 1. The molecule has 2 N–H and O–H groups in total. The van der Waals surface area contributed by atoms with Crippen molar-refractivity contribution < 1.29 is 19.4 Å². The summed E-state index contributed by atoms with van der Waals surface area (Å²) in [6, 6.07) is 7.58. The SMILES string of the molecule is CCn1nccc1-c1ccc2c(c1)CCCCC2NC(=O)[C@@H]1C[C@@H](O)CN1C(=O)OC(C)(C)C. The molecule has 3 atom stereocenters. The molecule has 0 bridgehead atoms. The Balaban J connectivity index is 1.54. The molecule has 2 aliphatic rings. The summed E-state index contributed by atoms with van der Waals surface area (Å²) in [7, 11) is 0. The lowest BCUT2D eigenvalue weighted by Crippen LogP contribution is -2.48. The van der Waals surface area contributed by atoms with Crippen molar-refractivity contribution in [3.8, 4) is 11.3 Å². The molecule has 2 amide bonds. The number of carbonyl (C=O) groups excluding carboxylic acids is 2. The molecule has 0 saturated carbocycles. The fourth-order valence-corrected chi connectivity index (χ4v) is 4.97. The summed E-state index contributed by atoms with van der Waals surface area (Å²) in [5.41, 5.74) is 3.90. The number of amides is 2. The molecular formula is C26H36N4O4. The molecule has 1 aliphatic heterocycles. The lowest BCUT2D eigenvalue weighted by molar-refractivity contribution is -0.126. The maximum atomic E-state index is 13.3. The Kier molecular flexibility index (Phi) is 6.98. The second-order valence-electron chi connectivity index (χ2n) is 10.3. The number of hydrogen-bond acceptors (Lipinski definition) is 5. The Morgan fingerprint density at radius 2 is 2.03 bits per heavy atom. The molecular weight excluding hydrogens is 432 g/mol. The number of rotatable bonds is 4. The minimum absolute atomic E-state index is 0.0999. The second kappa shape index (κ2) is 9.78. The molecule has 184 valence electrons. The smallest absolute Gasteiger partial charge is 0.411 e. The van der Waals surface area contributed by atoms with Crippen molar-refractivity contribution in [1.82, 2.24) is 20.0 Å². The van der Waals surface area contributed by atoms with E-state index < -0.39 is 23.8 Å². The van der Waals surface area contributed by atoms with Gasteiger partial charge in [0.2, 0.25) is 5.91 Å². The maximum absolute atomic E-state index is 13.3. The van der Waals surface area contributed by atoms with Crippen LogP contribution in [0.15, 0.2) is 30.5 Å². The molecule has 1 aromatic heterocycles. The number of benzene rings is 1. The maximum Gasteiger partial charge on any atom is 0.411 e. The summed E-state index contributed by atoms with van der Waals surface area (Å²) in [5, 5.41) is 17.8. The number of aliphatic hydroxyl groups excluding tert-OH is 1. The molecule has 2 aromatic rings.